The average Bonchev–Trinajstić information content (AvgIpc) is 2.73. The molecule has 5 heteroatoms. The molecule has 3 aromatic rings. The third kappa shape index (κ3) is 3.40. The fourth-order valence-electron chi connectivity index (χ4n) is 3.54. The van der Waals surface area contributed by atoms with Crippen LogP contribution in [0.2, 0.25) is 5.02 Å². The zero-order valence-corrected chi connectivity index (χ0v) is 15.7. The quantitative estimate of drug-likeness (QED) is 0.635. The van der Waals surface area contributed by atoms with Crippen molar-refractivity contribution in [3.8, 4) is 11.1 Å². The van der Waals surface area contributed by atoms with Crippen molar-refractivity contribution >= 4 is 34.1 Å². The predicted molar refractivity (Wildman–Crippen MR) is 111 cm³/mol. The van der Waals surface area contributed by atoms with Gasteiger partial charge in [-0.1, -0.05) is 48.5 Å². The van der Waals surface area contributed by atoms with Crippen LogP contribution in [0.15, 0.2) is 67.4 Å². The maximum absolute atomic E-state index is 11.8. The molecule has 0 N–H and O–H groups in total. The minimum Gasteiger partial charge on any atom is -0.353 e. The Morgan fingerprint density at radius 1 is 1.07 bits per heavy atom. The Morgan fingerprint density at radius 3 is 2.52 bits per heavy atom. The summed E-state index contributed by atoms with van der Waals surface area (Å²) in [4.78, 5) is 20.4. The number of anilines is 1. The molecule has 1 saturated heterocycles. The maximum Gasteiger partial charge on any atom is 0.246 e. The molecule has 4 rings (SSSR count). The number of rotatable bonds is 3. The smallest absolute Gasteiger partial charge is 0.246 e. The van der Waals surface area contributed by atoms with Gasteiger partial charge in [0.1, 0.15) is 5.82 Å². The van der Waals surface area contributed by atoms with Gasteiger partial charge in [-0.15, -0.1) is 0 Å². The monoisotopic (exact) mass is 377 g/mol. The number of halogens is 1. The molecule has 2 heterocycles. The maximum atomic E-state index is 11.8. The van der Waals surface area contributed by atoms with Crippen LogP contribution in [0.3, 0.4) is 0 Å². The Labute approximate surface area is 163 Å². The normalized spacial score (nSPS) is 14.4. The molecular weight excluding hydrogens is 358 g/mol. The summed E-state index contributed by atoms with van der Waals surface area (Å²) >= 11 is 6.62. The van der Waals surface area contributed by atoms with Gasteiger partial charge in [-0.05, 0) is 35.2 Å². The van der Waals surface area contributed by atoms with Crippen LogP contribution in [0.1, 0.15) is 0 Å². The van der Waals surface area contributed by atoms with Gasteiger partial charge in [-0.25, -0.2) is 4.98 Å². The predicted octanol–water partition coefficient (Wildman–Crippen LogP) is 4.39. The minimum absolute atomic E-state index is 0.0175. The third-order valence-corrected chi connectivity index (χ3v) is 5.29. The van der Waals surface area contributed by atoms with Gasteiger partial charge in [0, 0.05) is 48.3 Å². The van der Waals surface area contributed by atoms with Crippen molar-refractivity contribution in [1.82, 2.24) is 9.88 Å². The first-order chi connectivity index (χ1) is 13.2. The van der Waals surface area contributed by atoms with Gasteiger partial charge in [0.2, 0.25) is 5.91 Å². The number of hydrogen-bond acceptors (Lipinski definition) is 3. The van der Waals surface area contributed by atoms with Crippen LogP contribution in [0.4, 0.5) is 5.82 Å². The molecule has 1 fully saturated rings. The Morgan fingerprint density at radius 2 is 1.81 bits per heavy atom. The summed E-state index contributed by atoms with van der Waals surface area (Å²) in [5, 5.41) is 2.85. The number of aromatic nitrogens is 1. The van der Waals surface area contributed by atoms with Crippen LogP contribution in [-0.2, 0) is 4.79 Å². The summed E-state index contributed by atoms with van der Waals surface area (Å²) in [6, 6.07) is 16.3. The lowest BCUT2D eigenvalue weighted by Gasteiger charge is -2.35. The number of benzene rings is 2. The van der Waals surface area contributed by atoms with Crippen molar-refractivity contribution < 1.29 is 4.79 Å². The number of hydrogen-bond donors (Lipinski definition) is 0. The molecule has 4 nitrogen and oxygen atoms in total. The molecular formula is C22H20ClN3O. The molecule has 136 valence electrons. The topological polar surface area (TPSA) is 36.4 Å². The zero-order chi connectivity index (χ0) is 18.8. The lowest BCUT2D eigenvalue weighted by atomic mass is 10.0. The highest BCUT2D eigenvalue weighted by Crippen LogP contribution is 2.35. The molecule has 27 heavy (non-hydrogen) atoms. The first kappa shape index (κ1) is 17.6. The van der Waals surface area contributed by atoms with Crippen LogP contribution in [0, 0.1) is 0 Å². The Balaban J connectivity index is 1.68. The van der Waals surface area contributed by atoms with E-state index >= 15 is 0 Å². The molecule has 1 aliphatic rings. The number of piperazine rings is 1. The summed E-state index contributed by atoms with van der Waals surface area (Å²) in [5.74, 6) is 0.899. The molecule has 1 aromatic heterocycles. The van der Waals surface area contributed by atoms with Crippen molar-refractivity contribution in [3.05, 3.63) is 72.4 Å². The number of carbonyl (C=O) groups excluding carboxylic acids is 1. The van der Waals surface area contributed by atoms with E-state index in [2.05, 4.69) is 34.7 Å². The average molecular weight is 378 g/mol. The Kier molecular flexibility index (Phi) is 4.82. The van der Waals surface area contributed by atoms with E-state index < -0.39 is 0 Å². The van der Waals surface area contributed by atoms with E-state index in [1.807, 2.05) is 41.4 Å². The van der Waals surface area contributed by atoms with E-state index in [9.17, 15) is 4.79 Å². The molecule has 2 aromatic carbocycles. The van der Waals surface area contributed by atoms with E-state index in [-0.39, 0.29) is 5.91 Å². The third-order valence-electron chi connectivity index (χ3n) is 4.98. The summed E-state index contributed by atoms with van der Waals surface area (Å²) in [6.07, 6.45) is 3.21. The van der Waals surface area contributed by atoms with Crippen molar-refractivity contribution in [2.75, 3.05) is 31.1 Å². The lowest BCUT2D eigenvalue weighted by molar-refractivity contribution is -0.126. The molecule has 0 unspecified atom stereocenters. The van der Waals surface area contributed by atoms with E-state index in [1.54, 1.807) is 0 Å². The largest absolute Gasteiger partial charge is 0.353 e. The highest BCUT2D eigenvalue weighted by molar-refractivity contribution is 6.34. The number of nitrogens with zero attached hydrogens (tertiary/aromatic N) is 3. The first-order valence-electron chi connectivity index (χ1n) is 8.97. The summed E-state index contributed by atoms with van der Waals surface area (Å²) in [5.41, 5.74) is 2.11. The van der Waals surface area contributed by atoms with Crippen molar-refractivity contribution in [3.63, 3.8) is 0 Å². The highest BCUT2D eigenvalue weighted by Gasteiger charge is 2.22. The summed E-state index contributed by atoms with van der Waals surface area (Å²) in [7, 11) is 0. The van der Waals surface area contributed by atoms with Crippen molar-refractivity contribution in [1.29, 1.82) is 0 Å². The zero-order valence-electron chi connectivity index (χ0n) is 14.9. The highest BCUT2D eigenvalue weighted by atomic mass is 35.5. The summed E-state index contributed by atoms with van der Waals surface area (Å²) < 4.78 is 0. The summed E-state index contributed by atoms with van der Waals surface area (Å²) in [6.45, 7) is 6.38. The van der Waals surface area contributed by atoms with E-state index in [4.69, 9.17) is 11.6 Å². The van der Waals surface area contributed by atoms with E-state index in [1.165, 1.54) is 6.08 Å². The molecule has 1 amide bonds. The van der Waals surface area contributed by atoms with Gasteiger partial charge in [0.05, 0.1) is 0 Å². The molecule has 0 bridgehead atoms. The van der Waals surface area contributed by atoms with Gasteiger partial charge in [0.25, 0.3) is 0 Å². The fraction of sp³-hybridized carbons (Fsp3) is 0.182. The minimum atomic E-state index is -0.0175. The Hall–Kier alpha value is -2.85. The first-order valence-corrected chi connectivity index (χ1v) is 9.35. The molecule has 1 aliphatic heterocycles. The fourth-order valence-corrected chi connectivity index (χ4v) is 3.81. The number of amides is 1. The van der Waals surface area contributed by atoms with Crippen LogP contribution >= 0.6 is 11.6 Å². The molecule has 0 aliphatic carbocycles. The Bertz CT molecular complexity index is 995. The van der Waals surface area contributed by atoms with Crippen molar-refractivity contribution in [2.24, 2.45) is 0 Å². The number of fused-ring (bicyclic) bond motifs is 1. The number of carbonyl (C=O) groups is 1. The van der Waals surface area contributed by atoms with Gasteiger partial charge in [0.15, 0.2) is 0 Å². The van der Waals surface area contributed by atoms with Crippen LogP contribution in [-0.4, -0.2) is 42.0 Å². The van der Waals surface area contributed by atoms with Crippen molar-refractivity contribution in [2.45, 2.75) is 0 Å². The molecule has 0 spiro atoms. The lowest BCUT2D eigenvalue weighted by Crippen LogP contribution is -2.48. The SMILES string of the molecule is C=CC(=O)N1CCN(c2nccc3cc(-c4ccccc4)c(Cl)cc23)CC1. The van der Waals surface area contributed by atoms with E-state index in [0.717, 1.165) is 40.8 Å². The van der Waals surface area contributed by atoms with Gasteiger partial charge in [-0.2, -0.15) is 0 Å². The standard InChI is InChI=1S/C22H20ClN3O/c1-2-21(27)25-10-12-26(13-11-25)22-19-15-20(23)18(14-17(19)8-9-24-22)16-6-4-3-5-7-16/h2-9,14-15H,1,10-13H2. The van der Waals surface area contributed by atoms with Gasteiger partial charge in [-0.3, -0.25) is 4.79 Å². The van der Waals surface area contributed by atoms with E-state index in [0.29, 0.717) is 18.1 Å². The van der Waals surface area contributed by atoms with Crippen LogP contribution in [0.25, 0.3) is 21.9 Å². The molecule has 0 saturated carbocycles. The molecule has 0 atom stereocenters. The van der Waals surface area contributed by atoms with Crippen LogP contribution in [0.5, 0.6) is 0 Å². The van der Waals surface area contributed by atoms with Crippen LogP contribution < -0.4 is 4.90 Å². The molecule has 0 radical (unpaired) electrons. The van der Waals surface area contributed by atoms with Gasteiger partial charge >= 0.3 is 0 Å². The second-order valence-corrected chi connectivity index (χ2v) is 6.98. The number of pyridine rings is 1. The van der Waals surface area contributed by atoms with Gasteiger partial charge < -0.3 is 9.80 Å². The second kappa shape index (κ2) is 7.41. The second-order valence-electron chi connectivity index (χ2n) is 6.57.